The van der Waals surface area contributed by atoms with Gasteiger partial charge in [0, 0.05) is 32.9 Å². The van der Waals surface area contributed by atoms with Gasteiger partial charge in [-0.2, -0.15) is 0 Å². The van der Waals surface area contributed by atoms with Gasteiger partial charge in [-0.25, -0.2) is 0 Å². The quantitative estimate of drug-likeness (QED) is 0.152. The molecule has 0 fully saturated rings. The summed E-state index contributed by atoms with van der Waals surface area (Å²) in [6.45, 7) is 0. The Hall–Kier alpha value is -8.20. The molecule has 10 aromatic carbocycles. The Kier molecular flexibility index (Phi) is 6.95. The molecule has 0 spiro atoms. The topological polar surface area (TPSA) is 9.86 Å². The molecule has 62 heavy (non-hydrogen) atoms. The van der Waals surface area contributed by atoms with Crippen LogP contribution in [-0.4, -0.2) is 9.13 Å². The van der Waals surface area contributed by atoms with Crippen molar-refractivity contribution in [1.82, 2.24) is 9.13 Å². The van der Waals surface area contributed by atoms with E-state index in [1.54, 1.807) is 4.57 Å². The minimum Gasteiger partial charge on any atom is -0.309 e. The van der Waals surface area contributed by atoms with E-state index in [1.165, 1.54) is 0 Å². The number of para-hydroxylation sites is 1. The number of fused-ring (bicyclic) bond motifs is 6. The van der Waals surface area contributed by atoms with Crippen molar-refractivity contribution in [1.29, 1.82) is 0 Å². The molecule has 0 amide bonds. The first kappa shape index (κ1) is 29.1. The smallest absolute Gasteiger partial charge is 0.0645 e. The maximum absolute atomic E-state index is 10.0. The Morgan fingerprint density at radius 1 is 0.290 bits per heavy atom. The molecular weight excluding hydrogens is 749 g/mol. The minimum absolute atomic E-state index is 0.0870. The van der Waals surface area contributed by atoms with Crippen LogP contribution < -0.4 is 0 Å². The van der Waals surface area contributed by atoms with Crippen LogP contribution in [-0.2, 0) is 0 Å². The second-order valence-electron chi connectivity index (χ2n) is 15.6. The fourth-order valence-electron chi connectivity index (χ4n) is 9.05. The van der Waals surface area contributed by atoms with Crippen molar-refractivity contribution in [3.8, 4) is 67.0 Å². The highest BCUT2D eigenvalue weighted by Crippen LogP contribution is 2.42. The van der Waals surface area contributed by atoms with Crippen molar-refractivity contribution >= 4 is 43.6 Å². The standard InChI is InChI=1S/C60H40N2/c1-4-15-41(16-5-1)45-21-12-22-46(37-45)43-29-33-50(34-30-43)61-56-27-11-10-25-53(56)54-39-48(31-35-57(54)61)49-32-36-58-55(40-49)60-52(44-19-8-3-9-20-44)26-14-28-59(60)62(58)51-24-13-23-47(38-51)42-17-6-2-7-18-42/h1-40H/i10D,11D,25D,27D,31D,35D,39D. The summed E-state index contributed by atoms with van der Waals surface area (Å²) < 4.78 is 69.5. The van der Waals surface area contributed by atoms with Gasteiger partial charge in [0.2, 0.25) is 0 Å². The Bertz CT molecular complexity index is 4010. The summed E-state index contributed by atoms with van der Waals surface area (Å²) in [5.41, 5.74) is 12.9. The van der Waals surface area contributed by atoms with Crippen LogP contribution in [0.3, 0.4) is 0 Å². The van der Waals surface area contributed by atoms with E-state index in [0.29, 0.717) is 11.3 Å². The van der Waals surface area contributed by atoms with Gasteiger partial charge >= 0.3 is 0 Å². The van der Waals surface area contributed by atoms with Gasteiger partial charge in [-0.05, 0) is 122 Å². The van der Waals surface area contributed by atoms with E-state index in [9.17, 15) is 6.85 Å². The molecule has 2 aromatic heterocycles. The third-order valence-electron chi connectivity index (χ3n) is 12.0. The van der Waals surface area contributed by atoms with Crippen LogP contribution in [0.4, 0.5) is 0 Å². The van der Waals surface area contributed by atoms with Gasteiger partial charge in [0.25, 0.3) is 0 Å². The van der Waals surface area contributed by atoms with E-state index in [1.807, 2.05) is 109 Å². The summed E-state index contributed by atoms with van der Waals surface area (Å²) >= 11 is 0. The van der Waals surface area contributed by atoms with Gasteiger partial charge in [-0.3, -0.25) is 0 Å². The maximum atomic E-state index is 10.0. The molecule has 0 N–H and O–H groups in total. The Balaban J connectivity index is 1.08. The molecule has 2 heterocycles. The normalized spacial score (nSPS) is 13.1. The predicted molar refractivity (Wildman–Crippen MR) is 262 cm³/mol. The molecule has 0 bridgehead atoms. The van der Waals surface area contributed by atoms with Gasteiger partial charge in [0.1, 0.15) is 0 Å². The lowest BCUT2D eigenvalue weighted by molar-refractivity contribution is 1.18. The van der Waals surface area contributed by atoms with E-state index in [2.05, 4.69) is 95.6 Å². The summed E-state index contributed by atoms with van der Waals surface area (Å²) in [5.74, 6) is 0. The molecule has 0 unspecified atom stereocenters. The fraction of sp³-hybridized carbons (Fsp3) is 0. The third-order valence-corrected chi connectivity index (χ3v) is 12.0. The first-order valence-electron chi connectivity index (χ1n) is 24.3. The van der Waals surface area contributed by atoms with Crippen LogP contribution >= 0.6 is 0 Å². The van der Waals surface area contributed by atoms with Crippen molar-refractivity contribution in [2.75, 3.05) is 0 Å². The van der Waals surface area contributed by atoms with Crippen molar-refractivity contribution in [3.05, 3.63) is 242 Å². The SMILES string of the molecule is [2H]c1c([2H])c([2H])c2c(c1[2H])c1c([2H])c(-c3ccc4c(c3)c3c(-c5ccccc5)cccc3n4-c3cccc(-c4ccccc4)c3)c([2H])c([2H])c1n2-c1ccc(-c2cccc(-c3ccccc3)c2)cc1. The van der Waals surface area contributed by atoms with Crippen molar-refractivity contribution < 1.29 is 9.60 Å². The number of benzene rings is 10. The molecule has 12 rings (SSSR count). The largest absolute Gasteiger partial charge is 0.309 e. The lowest BCUT2D eigenvalue weighted by Gasteiger charge is -2.11. The minimum atomic E-state index is -0.429. The number of hydrogen-bond acceptors (Lipinski definition) is 0. The van der Waals surface area contributed by atoms with Gasteiger partial charge in [0.05, 0.1) is 31.7 Å². The molecule has 0 radical (unpaired) electrons. The van der Waals surface area contributed by atoms with Crippen LogP contribution in [0.5, 0.6) is 0 Å². The fourth-order valence-corrected chi connectivity index (χ4v) is 9.05. The maximum Gasteiger partial charge on any atom is 0.0645 e. The second kappa shape index (κ2) is 14.8. The molecule has 0 aliphatic rings. The second-order valence-corrected chi connectivity index (χ2v) is 15.6. The Labute approximate surface area is 370 Å². The molecule has 0 aliphatic heterocycles. The molecular formula is C60H40N2. The molecule has 2 nitrogen and oxygen atoms in total. The summed E-state index contributed by atoms with van der Waals surface area (Å²) in [4.78, 5) is 0. The molecule has 290 valence electrons. The summed E-state index contributed by atoms with van der Waals surface area (Å²) in [7, 11) is 0. The lowest BCUT2D eigenvalue weighted by Crippen LogP contribution is -1.94. The number of nitrogens with zero attached hydrogens (tertiary/aromatic N) is 2. The average molecular weight is 796 g/mol. The van der Waals surface area contributed by atoms with Crippen molar-refractivity contribution in [2.24, 2.45) is 0 Å². The zero-order valence-electron chi connectivity index (χ0n) is 40.4. The van der Waals surface area contributed by atoms with Crippen LogP contribution in [0.1, 0.15) is 9.60 Å². The molecule has 0 aliphatic carbocycles. The van der Waals surface area contributed by atoms with E-state index in [-0.39, 0.29) is 57.6 Å². The van der Waals surface area contributed by atoms with Crippen LogP contribution in [0.25, 0.3) is 111 Å². The highest BCUT2D eigenvalue weighted by Gasteiger charge is 2.19. The monoisotopic (exact) mass is 795 g/mol. The summed E-state index contributed by atoms with van der Waals surface area (Å²) in [5, 5.41) is 2.23. The molecule has 0 atom stereocenters. The number of aromatic nitrogens is 2. The van der Waals surface area contributed by atoms with Gasteiger partial charge in [-0.1, -0.05) is 176 Å². The van der Waals surface area contributed by atoms with Gasteiger partial charge in [0.15, 0.2) is 0 Å². The van der Waals surface area contributed by atoms with E-state index >= 15 is 0 Å². The summed E-state index contributed by atoms with van der Waals surface area (Å²) in [6.07, 6.45) is 0. The first-order chi connectivity index (χ1) is 33.7. The summed E-state index contributed by atoms with van der Waals surface area (Å²) in [6, 6.07) is 65.4. The van der Waals surface area contributed by atoms with E-state index < -0.39 is 12.1 Å². The van der Waals surface area contributed by atoms with Crippen LogP contribution in [0, 0.1) is 0 Å². The Morgan fingerprint density at radius 3 is 1.56 bits per heavy atom. The zero-order valence-corrected chi connectivity index (χ0v) is 33.4. The van der Waals surface area contributed by atoms with Crippen molar-refractivity contribution in [2.45, 2.75) is 0 Å². The predicted octanol–water partition coefficient (Wildman–Crippen LogP) is 16.2. The van der Waals surface area contributed by atoms with E-state index in [0.717, 1.165) is 72.0 Å². The van der Waals surface area contributed by atoms with Crippen LogP contribution in [0.15, 0.2) is 242 Å². The third kappa shape index (κ3) is 6.04. The molecule has 12 aromatic rings. The molecule has 0 saturated carbocycles. The highest BCUT2D eigenvalue weighted by molar-refractivity contribution is 6.17. The van der Waals surface area contributed by atoms with E-state index in [4.69, 9.17) is 2.74 Å². The number of rotatable bonds is 7. The molecule has 0 saturated heterocycles. The van der Waals surface area contributed by atoms with Gasteiger partial charge in [-0.15, -0.1) is 0 Å². The Morgan fingerprint density at radius 2 is 0.839 bits per heavy atom. The first-order valence-corrected chi connectivity index (χ1v) is 20.8. The molecule has 2 heteroatoms. The lowest BCUT2D eigenvalue weighted by atomic mass is 9.97. The van der Waals surface area contributed by atoms with Crippen molar-refractivity contribution in [3.63, 3.8) is 0 Å². The zero-order chi connectivity index (χ0) is 47.1. The average Bonchev–Trinajstić information content (AvgIpc) is 3.94. The van der Waals surface area contributed by atoms with Crippen LogP contribution in [0.2, 0.25) is 0 Å². The van der Waals surface area contributed by atoms with Gasteiger partial charge < -0.3 is 9.13 Å². The number of hydrogen-bond donors (Lipinski definition) is 0. The highest BCUT2D eigenvalue weighted by atomic mass is 15.0.